The van der Waals surface area contributed by atoms with Crippen LogP contribution in [-0.4, -0.2) is 11.9 Å². The molecule has 0 saturated heterocycles. The van der Waals surface area contributed by atoms with Gasteiger partial charge in [0.05, 0.1) is 17.1 Å². The summed E-state index contributed by atoms with van der Waals surface area (Å²) in [4.78, 5) is 14.4. The summed E-state index contributed by atoms with van der Waals surface area (Å²) in [5.74, 6) is 1.98. The number of halogens is 1. The summed E-state index contributed by atoms with van der Waals surface area (Å²) in [6.45, 7) is 2.63. The lowest BCUT2D eigenvalue weighted by Gasteiger charge is -2.30. The predicted molar refractivity (Wildman–Crippen MR) is 97.1 cm³/mol. The van der Waals surface area contributed by atoms with Crippen molar-refractivity contribution in [3.05, 3.63) is 50.0 Å². The van der Waals surface area contributed by atoms with E-state index < -0.39 is 0 Å². The average molecular weight is 373 g/mol. The molecule has 0 amide bonds. The third-order valence-electron chi connectivity index (χ3n) is 5.17. The predicted octanol–water partition coefficient (Wildman–Crippen LogP) is 3.98. The molecule has 0 unspecified atom stereocenters. The SMILES string of the molecule is Cc1cc(N2COc3c(Cl)cc4c5c(c(=O)oc4c3C2)CCCC5)no1. The Hall–Kier alpha value is -2.47. The molecule has 0 radical (unpaired) electrons. The zero-order valence-electron chi connectivity index (χ0n) is 14.3. The van der Waals surface area contributed by atoms with Gasteiger partial charge in [-0.25, -0.2) is 4.79 Å². The maximum atomic E-state index is 12.5. The highest BCUT2D eigenvalue weighted by Crippen LogP contribution is 2.41. The van der Waals surface area contributed by atoms with Gasteiger partial charge in [-0.05, 0) is 44.2 Å². The number of fused-ring (bicyclic) bond motifs is 5. The molecule has 1 aromatic carbocycles. The number of hydrogen-bond acceptors (Lipinski definition) is 6. The third-order valence-corrected chi connectivity index (χ3v) is 5.45. The van der Waals surface area contributed by atoms with Crippen molar-refractivity contribution in [2.75, 3.05) is 11.6 Å². The molecule has 7 heteroatoms. The highest BCUT2D eigenvalue weighted by atomic mass is 35.5. The summed E-state index contributed by atoms with van der Waals surface area (Å²) in [5.41, 5.74) is 2.97. The molecular formula is C19H17ClN2O4. The summed E-state index contributed by atoms with van der Waals surface area (Å²) in [6.07, 6.45) is 3.73. The minimum absolute atomic E-state index is 0.244. The Balaban J connectivity index is 1.71. The molecule has 134 valence electrons. The van der Waals surface area contributed by atoms with E-state index in [1.807, 2.05) is 24.0 Å². The molecule has 0 bridgehead atoms. The van der Waals surface area contributed by atoms with Crippen molar-refractivity contribution in [3.8, 4) is 5.75 Å². The minimum atomic E-state index is -0.244. The number of benzene rings is 1. The lowest BCUT2D eigenvalue weighted by atomic mass is 9.90. The van der Waals surface area contributed by atoms with Gasteiger partial charge in [0.2, 0.25) is 0 Å². The molecule has 1 aliphatic carbocycles. The van der Waals surface area contributed by atoms with Gasteiger partial charge in [-0.15, -0.1) is 0 Å². The van der Waals surface area contributed by atoms with Gasteiger partial charge in [-0.3, -0.25) is 0 Å². The summed E-state index contributed by atoms with van der Waals surface area (Å²) in [5, 5.41) is 5.52. The Kier molecular flexibility index (Phi) is 3.50. The van der Waals surface area contributed by atoms with E-state index in [4.69, 9.17) is 25.3 Å². The Morgan fingerprint density at radius 2 is 1.96 bits per heavy atom. The average Bonchev–Trinajstić information content (AvgIpc) is 3.09. The number of aryl methyl sites for hydroxylation is 2. The Morgan fingerprint density at radius 1 is 1.15 bits per heavy atom. The van der Waals surface area contributed by atoms with Gasteiger partial charge in [0.15, 0.2) is 12.5 Å². The van der Waals surface area contributed by atoms with Crippen molar-refractivity contribution in [3.63, 3.8) is 0 Å². The fourth-order valence-corrected chi connectivity index (χ4v) is 4.20. The number of anilines is 1. The van der Waals surface area contributed by atoms with Crippen molar-refractivity contribution in [1.29, 1.82) is 0 Å². The van der Waals surface area contributed by atoms with E-state index >= 15 is 0 Å². The molecule has 6 nitrogen and oxygen atoms in total. The van der Waals surface area contributed by atoms with Crippen LogP contribution in [0.4, 0.5) is 5.82 Å². The van der Waals surface area contributed by atoms with Crippen LogP contribution in [0.2, 0.25) is 5.02 Å². The van der Waals surface area contributed by atoms with Gasteiger partial charge in [0.1, 0.15) is 17.1 Å². The zero-order valence-corrected chi connectivity index (χ0v) is 15.1. The first kappa shape index (κ1) is 15.8. The number of aromatic nitrogens is 1. The lowest BCUT2D eigenvalue weighted by molar-refractivity contribution is 0.285. The van der Waals surface area contributed by atoms with Crippen LogP contribution in [0.1, 0.15) is 35.3 Å². The number of nitrogens with zero attached hydrogens (tertiary/aromatic N) is 2. The quantitative estimate of drug-likeness (QED) is 0.602. The summed E-state index contributed by atoms with van der Waals surface area (Å²) in [6, 6.07) is 3.72. The molecule has 3 heterocycles. The fraction of sp³-hybridized carbons (Fsp3) is 0.368. The highest BCUT2D eigenvalue weighted by Gasteiger charge is 2.28. The van der Waals surface area contributed by atoms with Crippen molar-refractivity contribution in [2.45, 2.75) is 39.2 Å². The van der Waals surface area contributed by atoms with Gasteiger partial charge in [-0.2, -0.15) is 0 Å². The van der Waals surface area contributed by atoms with Gasteiger partial charge in [0.25, 0.3) is 0 Å². The first-order valence-electron chi connectivity index (χ1n) is 8.73. The second kappa shape index (κ2) is 5.77. The van der Waals surface area contributed by atoms with E-state index in [0.717, 1.165) is 53.5 Å². The van der Waals surface area contributed by atoms with Crippen LogP contribution in [0.5, 0.6) is 5.75 Å². The van der Waals surface area contributed by atoms with Gasteiger partial charge in [0, 0.05) is 17.0 Å². The second-order valence-corrected chi connectivity index (χ2v) is 7.27. The maximum Gasteiger partial charge on any atom is 0.339 e. The smallest absolute Gasteiger partial charge is 0.339 e. The van der Waals surface area contributed by atoms with E-state index in [-0.39, 0.29) is 5.63 Å². The lowest BCUT2D eigenvalue weighted by Crippen LogP contribution is -2.32. The molecule has 0 saturated carbocycles. The normalized spacial score (nSPS) is 16.3. The Bertz CT molecular complexity index is 1090. The van der Waals surface area contributed by atoms with Gasteiger partial charge >= 0.3 is 5.63 Å². The molecule has 1 aliphatic heterocycles. The molecule has 2 aromatic heterocycles. The minimum Gasteiger partial charge on any atom is -0.471 e. The van der Waals surface area contributed by atoms with E-state index in [1.165, 1.54) is 0 Å². The Labute approximate surface area is 154 Å². The maximum absolute atomic E-state index is 12.5. The van der Waals surface area contributed by atoms with Crippen molar-refractivity contribution < 1.29 is 13.7 Å². The van der Waals surface area contributed by atoms with Gasteiger partial charge in [-0.1, -0.05) is 16.8 Å². The van der Waals surface area contributed by atoms with E-state index in [9.17, 15) is 4.79 Å². The van der Waals surface area contributed by atoms with E-state index in [0.29, 0.717) is 35.4 Å². The van der Waals surface area contributed by atoms with Gasteiger partial charge < -0.3 is 18.6 Å². The van der Waals surface area contributed by atoms with E-state index in [1.54, 1.807) is 0 Å². The third kappa shape index (κ3) is 2.32. The van der Waals surface area contributed by atoms with Crippen LogP contribution in [0.3, 0.4) is 0 Å². The molecular weight excluding hydrogens is 356 g/mol. The van der Waals surface area contributed by atoms with Crippen molar-refractivity contribution in [1.82, 2.24) is 5.16 Å². The molecule has 26 heavy (non-hydrogen) atoms. The fourth-order valence-electron chi connectivity index (χ4n) is 3.92. The monoisotopic (exact) mass is 372 g/mol. The first-order chi connectivity index (χ1) is 12.6. The standard InChI is InChI=1S/C19H17ClN2O4/c1-10-6-16(21-26-10)22-8-14-17-13(7-15(20)18(14)24-9-22)11-4-2-3-5-12(11)19(23)25-17/h6-7H,2-5,8-9H2,1H3. The molecule has 0 N–H and O–H groups in total. The molecule has 3 aromatic rings. The van der Waals surface area contributed by atoms with Crippen LogP contribution in [-0.2, 0) is 19.4 Å². The first-order valence-corrected chi connectivity index (χ1v) is 9.10. The zero-order chi connectivity index (χ0) is 17.8. The van der Waals surface area contributed by atoms with Crippen LogP contribution in [0, 0.1) is 6.92 Å². The van der Waals surface area contributed by atoms with Crippen LogP contribution >= 0.6 is 11.6 Å². The van der Waals surface area contributed by atoms with Crippen LogP contribution in [0.15, 0.2) is 25.9 Å². The van der Waals surface area contributed by atoms with Crippen LogP contribution in [0.25, 0.3) is 11.0 Å². The summed E-state index contributed by atoms with van der Waals surface area (Å²) < 4.78 is 16.8. The highest BCUT2D eigenvalue weighted by molar-refractivity contribution is 6.33. The Morgan fingerprint density at radius 3 is 2.73 bits per heavy atom. The molecule has 0 spiro atoms. The van der Waals surface area contributed by atoms with Crippen molar-refractivity contribution in [2.24, 2.45) is 0 Å². The van der Waals surface area contributed by atoms with Crippen molar-refractivity contribution >= 4 is 28.4 Å². The second-order valence-electron chi connectivity index (χ2n) is 6.86. The summed E-state index contributed by atoms with van der Waals surface area (Å²) >= 11 is 6.50. The molecule has 5 rings (SSSR count). The molecule has 0 atom stereocenters. The number of hydrogen-bond donors (Lipinski definition) is 0. The largest absolute Gasteiger partial charge is 0.471 e. The number of ether oxygens (including phenoxy) is 1. The topological polar surface area (TPSA) is 68.7 Å². The van der Waals surface area contributed by atoms with E-state index in [2.05, 4.69) is 5.16 Å². The molecule has 2 aliphatic rings. The summed E-state index contributed by atoms with van der Waals surface area (Å²) in [7, 11) is 0. The molecule has 0 fully saturated rings. The number of rotatable bonds is 1. The van der Waals surface area contributed by atoms with Crippen LogP contribution < -0.4 is 15.3 Å².